The molecule has 0 bridgehead atoms. The molecular weight excluding hydrogens is 238 g/mol. The fourth-order valence-corrected chi connectivity index (χ4v) is 1.51. The second-order valence-electron chi connectivity index (χ2n) is 3.55. The zero-order chi connectivity index (χ0) is 13.1. The van der Waals surface area contributed by atoms with E-state index in [9.17, 15) is 4.79 Å². The van der Waals surface area contributed by atoms with Crippen molar-refractivity contribution in [3.63, 3.8) is 0 Å². The lowest BCUT2D eigenvalue weighted by molar-refractivity contribution is 0.0521. The molecule has 3 N–H and O–H groups in total. The van der Waals surface area contributed by atoms with E-state index >= 15 is 0 Å². The number of ether oxygens (including phenoxy) is 1. The number of tetrazole rings is 1. The molecule has 0 saturated carbocycles. The van der Waals surface area contributed by atoms with E-state index in [1.165, 1.54) is 6.33 Å². The summed E-state index contributed by atoms with van der Waals surface area (Å²) < 4.78 is 6.43. The maximum absolute atomic E-state index is 11.6. The van der Waals surface area contributed by atoms with E-state index in [1.54, 1.807) is 11.5 Å². The van der Waals surface area contributed by atoms with E-state index < -0.39 is 5.97 Å². The first-order chi connectivity index (χ1) is 8.65. The molecule has 2 aromatic heterocycles. The van der Waals surface area contributed by atoms with Crippen molar-refractivity contribution in [1.82, 2.24) is 30.2 Å². The Labute approximate surface area is 102 Å². The lowest BCUT2D eigenvalue weighted by Gasteiger charge is -2.10. The van der Waals surface area contributed by atoms with Crippen molar-refractivity contribution in [2.24, 2.45) is 0 Å². The summed E-state index contributed by atoms with van der Waals surface area (Å²) in [5.74, 6) is 0.120. The van der Waals surface area contributed by atoms with Crippen molar-refractivity contribution in [3.05, 3.63) is 17.8 Å². The van der Waals surface area contributed by atoms with Crippen molar-refractivity contribution < 1.29 is 9.53 Å². The van der Waals surface area contributed by atoms with Crippen LogP contribution in [0.4, 0.5) is 5.82 Å². The van der Waals surface area contributed by atoms with Crippen molar-refractivity contribution >= 4 is 11.8 Å². The molecule has 2 heterocycles. The summed E-state index contributed by atoms with van der Waals surface area (Å²) in [5.41, 5.74) is 5.94. The Morgan fingerprint density at radius 3 is 3.06 bits per heavy atom. The number of hydrogen-bond donors (Lipinski definition) is 2. The van der Waals surface area contributed by atoms with Gasteiger partial charge >= 0.3 is 5.97 Å². The highest BCUT2D eigenvalue weighted by Crippen LogP contribution is 2.20. The Hall–Kier alpha value is -2.45. The Balaban J connectivity index is 2.28. The first kappa shape index (κ1) is 12.0. The number of anilines is 1. The standard InChI is InChI=1S/C9H13N7O2/c1-3-18-9(17)6-7(10)16(4-11-6)5(2)8-12-14-15-13-8/h4-5H,3,10H2,1-2H3,(H,12,13,14,15). The van der Waals surface area contributed by atoms with Crippen LogP contribution in [0.1, 0.15) is 36.2 Å². The molecule has 0 spiro atoms. The van der Waals surface area contributed by atoms with Crippen LogP contribution in [0.3, 0.4) is 0 Å². The number of H-pyrrole nitrogens is 1. The third-order valence-electron chi connectivity index (χ3n) is 2.45. The first-order valence-corrected chi connectivity index (χ1v) is 5.37. The van der Waals surface area contributed by atoms with Gasteiger partial charge in [-0.05, 0) is 13.8 Å². The van der Waals surface area contributed by atoms with E-state index in [2.05, 4.69) is 25.6 Å². The third-order valence-corrected chi connectivity index (χ3v) is 2.45. The maximum atomic E-state index is 11.6. The molecule has 0 aliphatic carbocycles. The summed E-state index contributed by atoms with van der Waals surface area (Å²) in [6.07, 6.45) is 1.45. The van der Waals surface area contributed by atoms with Crippen LogP contribution in [-0.2, 0) is 4.74 Å². The summed E-state index contributed by atoms with van der Waals surface area (Å²) in [6, 6.07) is -0.278. The molecule has 0 fully saturated rings. The number of imidazole rings is 1. The number of carbonyl (C=O) groups is 1. The predicted molar refractivity (Wildman–Crippen MR) is 60.6 cm³/mol. The molecule has 2 aromatic rings. The lowest BCUT2D eigenvalue weighted by Crippen LogP contribution is -2.13. The smallest absolute Gasteiger partial charge is 0.360 e. The Kier molecular flexibility index (Phi) is 3.22. The third kappa shape index (κ3) is 2.01. The number of nitrogens with one attached hydrogen (secondary N) is 1. The number of nitrogens with two attached hydrogens (primary N) is 1. The molecule has 1 atom stereocenters. The fourth-order valence-electron chi connectivity index (χ4n) is 1.51. The van der Waals surface area contributed by atoms with Gasteiger partial charge in [-0.1, -0.05) is 5.21 Å². The molecular formula is C9H13N7O2. The molecule has 0 amide bonds. The largest absolute Gasteiger partial charge is 0.461 e. The molecule has 0 aliphatic rings. The van der Waals surface area contributed by atoms with Crippen LogP contribution in [0.5, 0.6) is 0 Å². The fraction of sp³-hybridized carbons (Fsp3) is 0.444. The molecule has 9 nitrogen and oxygen atoms in total. The molecule has 1 unspecified atom stereocenters. The molecule has 0 radical (unpaired) electrons. The van der Waals surface area contributed by atoms with Gasteiger partial charge in [0.15, 0.2) is 11.5 Å². The van der Waals surface area contributed by atoms with Gasteiger partial charge in [0.2, 0.25) is 0 Å². The number of aromatic nitrogens is 6. The van der Waals surface area contributed by atoms with Crippen LogP contribution >= 0.6 is 0 Å². The highest BCUT2D eigenvalue weighted by Gasteiger charge is 2.21. The summed E-state index contributed by atoms with van der Waals surface area (Å²) >= 11 is 0. The lowest BCUT2D eigenvalue weighted by atomic mass is 10.3. The van der Waals surface area contributed by atoms with Crippen LogP contribution in [0, 0.1) is 0 Å². The van der Waals surface area contributed by atoms with E-state index in [0.717, 1.165) is 0 Å². The number of rotatable bonds is 4. The molecule has 0 aromatic carbocycles. The van der Waals surface area contributed by atoms with Crippen LogP contribution < -0.4 is 5.73 Å². The van der Waals surface area contributed by atoms with Crippen LogP contribution in [-0.4, -0.2) is 42.8 Å². The zero-order valence-corrected chi connectivity index (χ0v) is 9.99. The van der Waals surface area contributed by atoms with Crippen molar-refractivity contribution in [1.29, 1.82) is 0 Å². The van der Waals surface area contributed by atoms with E-state index in [-0.39, 0.29) is 24.2 Å². The Morgan fingerprint density at radius 1 is 1.67 bits per heavy atom. The number of esters is 1. The van der Waals surface area contributed by atoms with Crippen molar-refractivity contribution in [2.75, 3.05) is 12.3 Å². The Bertz CT molecular complexity index is 533. The summed E-state index contributed by atoms with van der Waals surface area (Å²) in [4.78, 5) is 15.5. The first-order valence-electron chi connectivity index (χ1n) is 5.37. The Morgan fingerprint density at radius 2 is 2.44 bits per heavy atom. The minimum atomic E-state index is -0.547. The van der Waals surface area contributed by atoms with Crippen LogP contribution in [0.2, 0.25) is 0 Å². The molecule has 9 heteroatoms. The second-order valence-corrected chi connectivity index (χ2v) is 3.55. The summed E-state index contributed by atoms with van der Waals surface area (Å²) in [5, 5.41) is 13.5. The van der Waals surface area contributed by atoms with Gasteiger partial charge in [-0.15, -0.1) is 10.2 Å². The van der Waals surface area contributed by atoms with Gasteiger partial charge < -0.3 is 15.0 Å². The quantitative estimate of drug-likeness (QED) is 0.718. The predicted octanol–water partition coefficient (Wildman–Crippen LogP) is -0.236. The summed E-state index contributed by atoms with van der Waals surface area (Å²) in [7, 11) is 0. The number of hydrogen-bond acceptors (Lipinski definition) is 7. The van der Waals surface area contributed by atoms with E-state index in [0.29, 0.717) is 5.82 Å². The highest BCUT2D eigenvalue weighted by atomic mass is 16.5. The zero-order valence-electron chi connectivity index (χ0n) is 9.99. The van der Waals surface area contributed by atoms with Gasteiger partial charge in [-0.3, -0.25) is 0 Å². The minimum absolute atomic E-state index is 0.0900. The molecule has 96 valence electrons. The number of carbonyl (C=O) groups excluding carboxylic acids is 1. The molecule has 18 heavy (non-hydrogen) atoms. The van der Waals surface area contributed by atoms with Gasteiger partial charge in [0.1, 0.15) is 5.82 Å². The average molecular weight is 251 g/mol. The van der Waals surface area contributed by atoms with Gasteiger partial charge in [0, 0.05) is 0 Å². The van der Waals surface area contributed by atoms with Crippen LogP contribution in [0.25, 0.3) is 0 Å². The van der Waals surface area contributed by atoms with Gasteiger partial charge in [-0.25, -0.2) is 9.78 Å². The van der Waals surface area contributed by atoms with Crippen molar-refractivity contribution in [2.45, 2.75) is 19.9 Å². The minimum Gasteiger partial charge on any atom is -0.461 e. The van der Waals surface area contributed by atoms with Crippen LogP contribution in [0.15, 0.2) is 6.33 Å². The summed E-state index contributed by atoms with van der Waals surface area (Å²) in [6.45, 7) is 3.80. The maximum Gasteiger partial charge on any atom is 0.360 e. The molecule has 2 rings (SSSR count). The molecule has 0 aliphatic heterocycles. The second kappa shape index (κ2) is 4.82. The van der Waals surface area contributed by atoms with Gasteiger partial charge in [0.05, 0.1) is 19.0 Å². The number of nitrogen functional groups attached to an aromatic ring is 1. The topological polar surface area (TPSA) is 125 Å². The SMILES string of the molecule is CCOC(=O)c1ncn(C(C)c2nn[nH]n2)c1N. The molecule has 0 saturated heterocycles. The van der Waals surface area contributed by atoms with Gasteiger partial charge in [0.25, 0.3) is 0 Å². The van der Waals surface area contributed by atoms with Gasteiger partial charge in [-0.2, -0.15) is 5.21 Å². The normalized spacial score (nSPS) is 12.3. The van der Waals surface area contributed by atoms with E-state index in [1.807, 2.05) is 6.92 Å². The monoisotopic (exact) mass is 251 g/mol. The average Bonchev–Trinajstić information content (AvgIpc) is 2.97. The van der Waals surface area contributed by atoms with E-state index in [4.69, 9.17) is 10.5 Å². The van der Waals surface area contributed by atoms with Crippen molar-refractivity contribution in [3.8, 4) is 0 Å². The highest BCUT2D eigenvalue weighted by molar-refractivity contribution is 5.92. The number of nitrogens with zero attached hydrogens (tertiary/aromatic N) is 5. The number of aromatic amines is 1.